The molecule has 0 saturated heterocycles. The van der Waals surface area contributed by atoms with E-state index in [1.807, 2.05) is 6.92 Å². The number of carbonyl (C=O) groups is 1. The molecule has 3 nitrogen and oxygen atoms in total. The molecule has 74 valence electrons. The number of rotatable bonds is 2. The number of hydrogen-bond donors (Lipinski definition) is 1. The van der Waals surface area contributed by atoms with Crippen molar-refractivity contribution in [3.63, 3.8) is 0 Å². The van der Waals surface area contributed by atoms with Gasteiger partial charge in [-0.2, -0.15) is 0 Å². The summed E-state index contributed by atoms with van der Waals surface area (Å²) in [5.74, 6) is 1.03. The molecule has 2 N–H and O–H groups in total. The molecule has 0 aromatic rings. The van der Waals surface area contributed by atoms with Gasteiger partial charge in [-0.15, -0.1) is 0 Å². The van der Waals surface area contributed by atoms with Crippen LogP contribution in [-0.4, -0.2) is 18.6 Å². The summed E-state index contributed by atoms with van der Waals surface area (Å²) in [6, 6.07) is 0.0674. The Kier molecular flexibility index (Phi) is 2.28. The van der Waals surface area contributed by atoms with Crippen LogP contribution in [0.4, 0.5) is 0 Å². The molecule has 0 heterocycles. The molecule has 3 heteroatoms. The summed E-state index contributed by atoms with van der Waals surface area (Å²) in [6.45, 7) is 2.32. The van der Waals surface area contributed by atoms with E-state index < -0.39 is 0 Å². The van der Waals surface area contributed by atoms with Gasteiger partial charge in [-0.05, 0) is 38.0 Å². The van der Waals surface area contributed by atoms with Gasteiger partial charge in [0.1, 0.15) is 0 Å². The van der Waals surface area contributed by atoms with Crippen LogP contribution < -0.4 is 5.73 Å². The summed E-state index contributed by atoms with van der Waals surface area (Å²) in [7, 11) is 0. The van der Waals surface area contributed by atoms with Gasteiger partial charge in [0.05, 0.1) is 12.5 Å². The molecule has 13 heavy (non-hydrogen) atoms. The second-order valence-electron chi connectivity index (χ2n) is 4.19. The monoisotopic (exact) mass is 183 g/mol. The third-order valence-electron chi connectivity index (χ3n) is 3.54. The summed E-state index contributed by atoms with van der Waals surface area (Å²) in [6.07, 6.45) is 3.52. The molecule has 0 spiro atoms. The first-order chi connectivity index (χ1) is 6.24. The fourth-order valence-electron chi connectivity index (χ4n) is 2.92. The number of hydrogen-bond acceptors (Lipinski definition) is 3. The van der Waals surface area contributed by atoms with E-state index in [9.17, 15) is 4.79 Å². The molecule has 4 unspecified atom stereocenters. The summed E-state index contributed by atoms with van der Waals surface area (Å²) in [5, 5.41) is 0. The van der Waals surface area contributed by atoms with E-state index in [2.05, 4.69) is 0 Å². The first-order valence-electron chi connectivity index (χ1n) is 5.16. The molecule has 0 aromatic heterocycles. The lowest BCUT2D eigenvalue weighted by molar-refractivity contribution is -0.150. The number of esters is 1. The van der Waals surface area contributed by atoms with Crippen LogP contribution in [0.25, 0.3) is 0 Å². The van der Waals surface area contributed by atoms with Gasteiger partial charge in [0, 0.05) is 6.04 Å². The first kappa shape index (κ1) is 9.00. The molecule has 2 fully saturated rings. The second-order valence-corrected chi connectivity index (χ2v) is 4.19. The highest BCUT2D eigenvalue weighted by Crippen LogP contribution is 2.47. The zero-order valence-electron chi connectivity index (χ0n) is 8.03. The zero-order valence-corrected chi connectivity index (χ0v) is 8.03. The Hall–Kier alpha value is -0.570. The van der Waals surface area contributed by atoms with E-state index in [-0.39, 0.29) is 17.9 Å². The van der Waals surface area contributed by atoms with Crippen molar-refractivity contribution in [2.75, 3.05) is 6.61 Å². The Morgan fingerprint density at radius 2 is 2.15 bits per heavy atom. The van der Waals surface area contributed by atoms with Gasteiger partial charge in [0.15, 0.2) is 0 Å². The highest BCUT2D eigenvalue weighted by molar-refractivity contribution is 5.74. The summed E-state index contributed by atoms with van der Waals surface area (Å²) < 4.78 is 5.03. The molecule has 0 aliphatic heterocycles. The summed E-state index contributed by atoms with van der Waals surface area (Å²) in [4.78, 5) is 11.5. The van der Waals surface area contributed by atoms with Gasteiger partial charge in [-0.1, -0.05) is 0 Å². The van der Waals surface area contributed by atoms with Crippen molar-refractivity contribution in [3.8, 4) is 0 Å². The van der Waals surface area contributed by atoms with Gasteiger partial charge >= 0.3 is 5.97 Å². The highest BCUT2D eigenvalue weighted by atomic mass is 16.5. The maximum Gasteiger partial charge on any atom is 0.310 e. The second kappa shape index (κ2) is 3.29. The van der Waals surface area contributed by atoms with E-state index in [0.29, 0.717) is 18.4 Å². The topological polar surface area (TPSA) is 52.3 Å². The highest BCUT2D eigenvalue weighted by Gasteiger charge is 2.49. The maximum atomic E-state index is 11.5. The van der Waals surface area contributed by atoms with Gasteiger partial charge < -0.3 is 10.5 Å². The predicted molar refractivity (Wildman–Crippen MR) is 48.9 cm³/mol. The van der Waals surface area contributed by atoms with Gasteiger partial charge in [-0.25, -0.2) is 0 Å². The van der Waals surface area contributed by atoms with Crippen molar-refractivity contribution in [1.82, 2.24) is 0 Å². The van der Waals surface area contributed by atoms with Crippen LogP contribution in [0.3, 0.4) is 0 Å². The van der Waals surface area contributed by atoms with Gasteiger partial charge in [-0.3, -0.25) is 4.79 Å². The fourth-order valence-corrected chi connectivity index (χ4v) is 2.92. The molecular weight excluding hydrogens is 166 g/mol. The van der Waals surface area contributed by atoms with Crippen LogP contribution in [0.5, 0.6) is 0 Å². The molecule has 2 rings (SSSR count). The minimum absolute atomic E-state index is 0.00120. The largest absolute Gasteiger partial charge is 0.466 e. The van der Waals surface area contributed by atoms with E-state index in [4.69, 9.17) is 10.5 Å². The molecule has 0 amide bonds. The van der Waals surface area contributed by atoms with E-state index in [0.717, 1.165) is 6.42 Å². The Balaban J connectivity index is 2.03. The van der Waals surface area contributed by atoms with Crippen LogP contribution in [0.15, 0.2) is 0 Å². The molecular formula is C10H17NO2. The number of ether oxygens (including phenoxy) is 1. The standard InChI is InChI=1S/C10H17NO2/c1-2-13-10(12)8-6-3-4-7(5-6)9(8)11/h6-9H,2-5,11H2,1H3. The van der Waals surface area contributed by atoms with Crippen LogP contribution in [-0.2, 0) is 9.53 Å². The van der Waals surface area contributed by atoms with Crippen LogP contribution in [0.1, 0.15) is 26.2 Å². The van der Waals surface area contributed by atoms with Crippen molar-refractivity contribution < 1.29 is 9.53 Å². The minimum Gasteiger partial charge on any atom is -0.466 e. The number of carbonyl (C=O) groups excluding carboxylic acids is 1. The lowest BCUT2D eigenvalue weighted by Gasteiger charge is -2.25. The Labute approximate surface area is 78.6 Å². The normalized spacial score (nSPS) is 42.3. The van der Waals surface area contributed by atoms with Gasteiger partial charge in [0.2, 0.25) is 0 Å². The minimum atomic E-state index is -0.0674. The summed E-state index contributed by atoms with van der Waals surface area (Å²) >= 11 is 0. The van der Waals surface area contributed by atoms with E-state index in [1.165, 1.54) is 12.8 Å². The molecule has 0 radical (unpaired) electrons. The predicted octanol–water partition coefficient (Wildman–Crippen LogP) is 0.923. The maximum absolute atomic E-state index is 11.5. The zero-order chi connectivity index (χ0) is 9.42. The summed E-state index contributed by atoms with van der Waals surface area (Å²) in [5.41, 5.74) is 5.99. The third-order valence-corrected chi connectivity index (χ3v) is 3.54. The number of nitrogens with two attached hydrogens (primary N) is 1. The Morgan fingerprint density at radius 3 is 2.69 bits per heavy atom. The van der Waals surface area contributed by atoms with Crippen molar-refractivity contribution in [2.45, 2.75) is 32.2 Å². The quantitative estimate of drug-likeness (QED) is 0.648. The van der Waals surface area contributed by atoms with Crippen molar-refractivity contribution in [2.24, 2.45) is 23.5 Å². The SMILES string of the molecule is CCOC(=O)C1C2CCC(C2)C1N. The van der Waals surface area contributed by atoms with Crippen molar-refractivity contribution >= 4 is 5.97 Å². The Morgan fingerprint density at radius 1 is 1.46 bits per heavy atom. The molecule has 2 aliphatic rings. The van der Waals surface area contributed by atoms with E-state index >= 15 is 0 Å². The number of fused-ring (bicyclic) bond motifs is 2. The first-order valence-corrected chi connectivity index (χ1v) is 5.16. The lowest BCUT2D eigenvalue weighted by Crippen LogP contribution is -2.41. The fraction of sp³-hybridized carbons (Fsp3) is 0.900. The molecule has 2 aliphatic carbocycles. The van der Waals surface area contributed by atoms with Crippen LogP contribution in [0.2, 0.25) is 0 Å². The van der Waals surface area contributed by atoms with Crippen LogP contribution in [0, 0.1) is 17.8 Å². The average molecular weight is 183 g/mol. The Bertz CT molecular complexity index is 215. The van der Waals surface area contributed by atoms with Crippen molar-refractivity contribution in [3.05, 3.63) is 0 Å². The smallest absolute Gasteiger partial charge is 0.310 e. The van der Waals surface area contributed by atoms with Crippen molar-refractivity contribution in [1.29, 1.82) is 0 Å². The van der Waals surface area contributed by atoms with Gasteiger partial charge in [0.25, 0.3) is 0 Å². The molecule has 2 saturated carbocycles. The lowest BCUT2D eigenvalue weighted by atomic mass is 9.85. The molecule has 0 aromatic carbocycles. The molecule has 2 bridgehead atoms. The van der Waals surface area contributed by atoms with Crippen LogP contribution >= 0.6 is 0 Å². The molecule has 4 atom stereocenters. The average Bonchev–Trinajstić information content (AvgIpc) is 2.63. The third kappa shape index (κ3) is 1.35. The van der Waals surface area contributed by atoms with E-state index in [1.54, 1.807) is 0 Å².